The van der Waals surface area contributed by atoms with Gasteiger partial charge in [0.25, 0.3) is 0 Å². The number of ketones is 1. The standard InChI is InChI=1S/C19H23NO/c1-5-20(17-10-7-14(2)8-11-17)13-19(21)18-12-15(3)6-9-16(18)4/h6-12H,5,13H2,1-4H3. The molecule has 0 radical (unpaired) electrons. The highest BCUT2D eigenvalue weighted by molar-refractivity contribution is 6.00. The van der Waals surface area contributed by atoms with Crippen LogP contribution in [0.15, 0.2) is 42.5 Å². The van der Waals surface area contributed by atoms with E-state index in [0.717, 1.165) is 28.9 Å². The van der Waals surface area contributed by atoms with Gasteiger partial charge in [-0.25, -0.2) is 0 Å². The largest absolute Gasteiger partial charge is 0.364 e. The number of likely N-dealkylation sites (N-methyl/N-ethyl adjacent to an activating group) is 1. The van der Waals surface area contributed by atoms with E-state index in [-0.39, 0.29) is 5.78 Å². The first-order valence-corrected chi connectivity index (χ1v) is 7.43. The molecule has 0 spiro atoms. The van der Waals surface area contributed by atoms with Crippen LogP contribution in [-0.4, -0.2) is 18.9 Å². The summed E-state index contributed by atoms with van der Waals surface area (Å²) in [5.74, 6) is 0.179. The fraction of sp³-hybridized carbons (Fsp3) is 0.316. The van der Waals surface area contributed by atoms with Gasteiger partial charge in [0, 0.05) is 17.8 Å². The number of nitrogens with zero attached hydrogens (tertiary/aromatic N) is 1. The Morgan fingerprint density at radius 2 is 1.57 bits per heavy atom. The number of benzene rings is 2. The maximum Gasteiger partial charge on any atom is 0.182 e. The molecule has 110 valence electrons. The summed E-state index contributed by atoms with van der Waals surface area (Å²) in [5, 5.41) is 0. The zero-order chi connectivity index (χ0) is 15.4. The van der Waals surface area contributed by atoms with E-state index in [4.69, 9.17) is 0 Å². The van der Waals surface area contributed by atoms with Crippen LogP contribution in [0.25, 0.3) is 0 Å². The summed E-state index contributed by atoms with van der Waals surface area (Å²) < 4.78 is 0. The Labute approximate surface area is 127 Å². The molecule has 0 N–H and O–H groups in total. The Morgan fingerprint density at radius 1 is 0.952 bits per heavy atom. The van der Waals surface area contributed by atoms with Gasteiger partial charge >= 0.3 is 0 Å². The van der Waals surface area contributed by atoms with Gasteiger partial charge in [0.05, 0.1) is 6.54 Å². The van der Waals surface area contributed by atoms with Crippen LogP contribution < -0.4 is 4.90 Å². The monoisotopic (exact) mass is 281 g/mol. The summed E-state index contributed by atoms with van der Waals surface area (Å²) in [6, 6.07) is 14.4. The van der Waals surface area contributed by atoms with E-state index in [2.05, 4.69) is 43.0 Å². The lowest BCUT2D eigenvalue weighted by Gasteiger charge is -2.23. The Hall–Kier alpha value is -2.09. The molecular formula is C19H23NO. The molecule has 0 bridgehead atoms. The summed E-state index contributed by atoms with van der Waals surface area (Å²) >= 11 is 0. The van der Waals surface area contributed by atoms with Crippen molar-refractivity contribution in [2.24, 2.45) is 0 Å². The first kappa shape index (κ1) is 15.3. The quantitative estimate of drug-likeness (QED) is 0.761. The van der Waals surface area contributed by atoms with Crippen molar-refractivity contribution in [3.63, 3.8) is 0 Å². The molecule has 2 aromatic carbocycles. The minimum absolute atomic E-state index is 0.179. The number of hydrogen-bond donors (Lipinski definition) is 0. The third-order valence-electron chi connectivity index (χ3n) is 3.81. The van der Waals surface area contributed by atoms with Crippen LogP contribution >= 0.6 is 0 Å². The fourth-order valence-corrected chi connectivity index (χ4v) is 2.44. The molecule has 0 unspecified atom stereocenters. The molecule has 0 aliphatic carbocycles. The molecule has 21 heavy (non-hydrogen) atoms. The topological polar surface area (TPSA) is 20.3 Å². The summed E-state index contributed by atoms with van der Waals surface area (Å²) in [6.45, 7) is 9.41. The van der Waals surface area contributed by atoms with E-state index in [1.165, 1.54) is 5.56 Å². The lowest BCUT2D eigenvalue weighted by atomic mass is 10.0. The Balaban J connectivity index is 2.20. The van der Waals surface area contributed by atoms with Gasteiger partial charge in [0.2, 0.25) is 0 Å². The van der Waals surface area contributed by atoms with E-state index in [9.17, 15) is 4.79 Å². The van der Waals surface area contributed by atoms with Gasteiger partial charge in [-0.3, -0.25) is 4.79 Å². The van der Waals surface area contributed by atoms with Crippen LogP contribution in [0.3, 0.4) is 0 Å². The van der Waals surface area contributed by atoms with Gasteiger partial charge in [0.15, 0.2) is 5.78 Å². The van der Waals surface area contributed by atoms with Crippen molar-refractivity contribution >= 4 is 11.5 Å². The average Bonchev–Trinajstić information content (AvgIpc) is 2.48. The Bertz CT molecular complexity index is 629. The minimum Gasteiger partial charge on any atom is -0.364 e. The van der Waals surface area contributed by atoms with Crippen LogP contribution in [0.5, 0.6) is 0 Å². The van der Waals surface area contributed by atoms with Gasteiger partial charge in [-0.05, 0) is 51.5 Å². The summed E-state index contributed by atoms with van der Waals surface area (Å²) in [5.41, 5.74) is 5.34. The maximum absolute atomic E-state index is 12.6. The molecule has 2 heteroatoms. The highest BCUT2D eigenvalue weighted by atomic mass is 16.1. The first-order valence-electron chi connectivity index (χ1n) is 7.43. The van der Waals surface area contributed by atoms with E-state index in [0.29, 0.717) is 6.54 Å². The molecule has 0 amide bonds. The lowest BCUT2D eigenvalue weighted by molar-refractivity contribution is 0.0998. The molecule has 0 aliphatic heterocycles. The number of Topliss-reactive ketones (excluding diaryl/α,β-unsaturated/α-hetero) is 1. The predicted molar refractivity (Wildman–Crippen MR) is 89.3 cm³/mol. The Kier molecular flexibility index (Phi) is 4.79. The van der Waals surface area contributed by atoms with Crippen molar-refractivity contribution in [2.75, 3.05) is 18.0 Å². The number of rotatable bonds is 5. The van der Waals surface area contributed by atoms with Crippen molar-refractivity contribution in [3.8, 4) is 0 Å². The van der Waals surface area contributed by atoms with Gasteiger partial charge in [-0.15, -0.1) is 0 Å². The smallest absolute Gasteiger partial charge is 0.182 e. The molecule has 0 heterocycles. The zero-order valence-electron chi connectivity index (χ0n) is 13.3. The van der Waals surface area contributed by atoms with Crippen LogP contribution in [0.4, 0.5) is 5.69 Å². The van der Waals surface area contributed by atoms with Gasteiger partial charge in [-0.2, -0.15) is 0 Å². The van der Waals surface area contributed by atoms with E-state index in [1.54, 1.807) is 0 Å². The molecule has 0 atom stereocenters. The van der Waals surface area contributed by atoms with E-state index in [1.807, 2.05) is 32.0 Å². The maximum atomic E-state index is 12.6. The predicted octanol–water partition coefficient (Wildman–Crippen LogP) is 4.32. The molecule has 0 fully saturated rings. The number of aryl methyl sites for hydroxylation is 3. The first-order chi connectivity index (χ1) is 10.0. The molecule has 2 nitrogen and oxygen atoms in total. The summed E-state index contributed by atoms with van der Waals surface area (Å²) in [6.07, 6.45) is 0. The number of carbonyl (C=O) groups excluding carboxylic acids is 1. The number of anilines is 1. The van der Waals surface area contributed by atoms with Gasteiger partial charge < -0.3 is 4.90 Å². The summed E-state index contributed by atoms with van der Waals surface area (Å²) in [7, 11) is 0. The molecular weight excluding hydrogens is 258 g/mol. The third-order valence-corrected chi connectivity index (χ3v) is 3.81. The van der Waals surface area contributed by atoms with Gasteiger partial charge in [0.1, 0.15) is 0 Å². The van der Waals surface area contributed by atoms with Crippen LogP contribution in [0.2, 0.25) is 0 Å². The normalized spacial score (nSPS) is 10.5. The molecule has 2 aromatic rings. The van der Waals surface area contributed by atoms with Crippen molar-refractivity contribution in [1.29, 1.82) is 0 Å². The third kappa shape index (κ3) is 3.72. The molecule has 2 rings (SSSR count). The zero-order valence-corrected chi connectivity index (χ0v) is 13.3. The average molecular weight is 281 g/mol. The van der Waals surface area contributed by atoms with Crippen LogP contribution in [-0.2, 0) is 0 Å². The molecule has 0 aliphatic rings. The van der Waals surface area contributed by atoms with Crippen molar-refractivity contribution in [2.45, 2.75) is 27.7 Å². The van der Waals surface area contributed by atoms with Crippen molar-refractivity contribution < 1.29 is 4.79 Å². The molecule has 0 saturated heterocycles. The van der Waals surface area contributed by atoms with Gasteiger partial charge in [-0.1, -0.05) is 35.4 Å². The van der Waals surface area contributed by atoms with Crippen LogP contribution in [0, 0.1) is 20.8 Å². The van der Waals surface area contributed by atoms with E-state index >= 15 is 0 Å². The van der Waals surface area contributed by atoms with Crippen molar-refractivity contribution in [1.82, 2.24) is 0 Å². The van der Waals surface area contributed by atoms with Crippen LogP contribution in [0.1, 0.15) is 34.0 Å². The summed E-state index contributed by atoms with van der Waals surface area (Å²) in [4.78, 5) is 14.7. The minimum atomic E-state index is 0.179. The van der Waals surface area contributed by atoms with E-state index < -0.39 is 0 Å². The SMILES string of the molecule is CCN(CC(=O)c1cc(C)ccc1C)c1ccc(C)cc1. The number of carbonyl (C=O) groups is 1. The second-order valence-corrected chi connectivity index (χ2v) is 5.59. The highest BCUT2D eigenvalue weighted by Gasteiger charge is 2.14. The molecule has 0 saturated carbocycles. The van der Waals surface area contributed by atoms with Crippen molar-refractivity contribution in [3.05, 3.63) is 64.7 Å². The lowest BCUT2D eigenvalue weighted by Crippen LogP contribution is -2.30. The highest BCUT2D eigenvalue weighted by Crippen LogP contribution is 2.17. The second kappa shape index (κ2) is 6.57. The molecule has 0 aromatic heterocycles. The number of hydrogen-bond acceptors (Lipinski definition) is 2. The Morgan fingerprint density at radius 3 is 2.19 bits per heavy atom. The second-order valence-electron chi connectivity index (χ2n) is 5.59. The fourth-order valence-electron chi connectivity index (χ4n) is 2.44.